The molecular weight excluding hydrogens is 318 g/mol. The molecule has 0 aliphatic carbocycles. The van der Waals surface area contributed by atoms with Gasteiger partial charge in [0.1, 0.15) is 6.61 Å². The molecule has 0 unspecified atom stereocenters. The van der Waals surface area contributed by atoms with Crippen LogP contribution in [0.2, 0.25) is 0 Å². The highest BCUT2D eigenvalue weighted by Gasteiger charge is 2.18. The van der Waals surface area contributed by atoms with Crippen molar-refractivity contribution in [2.24, 2.45) is 0 Å². The first-order chi connectivity index (χ1) is 11.9. The van der Waals surface area contributed by atoms with Gasteiger partial charge in [-0.3, -0.25) is 4.79 Å². The molecule has 0 amide bonds. The minimum atomic E-state index is -0.203. The Morgan fingerprint density at radius 2 is 1.84 bits per heavy atom. The van der Waals surface area contributed by atoms with Crippen LogP contribution < -0.4 is 5.32 Å². The summed E-state index contributed by atoms with van der Waals surface area (Å²) < 4.78 is 16.7. The van der Waals surface area contributed by atoms with Gasteiger partial charge in [0.05, 0.1) is 24.7 Å². The third-order valence-corrected chi connectivity index (χ3v) is 3.68. The Hall–Kier alpha value is -1.43. The lowest BCUT2D eigenvalue weighted by Crippen LogP contribution is -2.31. The zero-order valence-electron chi connectivity index (χ0n) is 16.0. The van der Waals surface area contributed by atoms with Crippen LogP contribution in [0, 0.1) is 0 Å². The van der Waals surface area contributed by atoms with E-state index < -0.39 is 0 Å². The number of hydrogen-bond acceptors (Lipinski definition) is 5. The Labute approximate surface area is 152 Å². The molecule has 142 valence electrons. The summed E-state index contributed by atoms with van der Waals surface area (Å²) in [4.78, 5) is 11.7. The molecule has 0 aliphatic rings. The second-order valence-electron chi connectivity index (χ2n) is 6.92. The fourth-order valence-corrected chi connectivity index (χ4v) is 2.14. The van der Waals surface area contributed by atoms with E-state index in [2.05, 4.69) is 19.2 Å². The van der Waals surface area contributed by atoms with Gasteiger partial charge in [0.2, 0.25) is 0 Å². The fourth-order valence-electron chi connectivity index (χ4n) is 2.14. The quantitative estimate of drug-likeness (QED) is 0.436. The summed E-state index contributed by atoms with van der Waals surface area (Å²) in [6.07, 6.45) is 1.47. The monoisotopic (exact) mass is 351 g/mol. The van der Waals surface area contributed by atoms with Crippen molar-refractivity contribution in [1.82, 2.24) is 5.32 Å². The van der Waals surface area contributed by atoms with Crippen LogP contribution in [0.1, 0.15) is 46.1 Å². The Bertz CT molecular complexity index is 474. The number of carbonyl (C=O) groups is 1. The molecule has 5 nitrogen and oxygen atoms in total. The molecule has 0 bridgehead atoms. The Balaban J connectivity index is 2.01. The number of hydrogen-bond donors (Lipinski definition) is 1. The summed E-state index contributed by atoms with van der Waals surface area (Å²) >= 11 is 0. The highest BCUT2D eigenvalue weighted by Crippen LogP contribution is 2.14. The van der Waals surface area contributed by atoms with E-state index in [0.717, 1.165) is 12.0 Å². The molecule has 0 saturated carbocycles. The maximum Gasteiger partial charge on any atom is 0.307 e. The van der Waals surface area contributed by atoms with E-state index in [4.69, 9.17) is 14.2 Å². The van der Waals surface area contributed by atoms with Gasteiger partial charge < -0.3 is 19.5 Å². The lowest BCUT2D eigenvalue weighted by Gasteiger charge is -2.25. The first kappa shape index (κ1) is 21.6. The van der Waals surface area contributed by atoms with Crippen molar-refractivity contribution in [3.63, 3.8) is 0 Å². The number of carbonyl (C=O) groups excluding carboxylic acids is 1. The lowest BCUT2D eigenvalue weighted by atomic mass is 10.1. The topological polar surface area (TPSA) is 56.8 Å². The predicted molar refractivity (Wildman–Crippen MR) is 99.5 cm³/mol. The third kappa shape index (κ3) is 11.7. The molecular formula is C20H33NO4. The van der Waals surface area contributed by atoms with E-state index in [-0.39, 0.29) is 17.7 Å². The standard InChI is InChI=1S/C20H33NO4/c1-17(2)23-14-11-20(3,4)25-15-13-21-12-10-19(22)24-16-18-8-6-5-7-9-18/h5-9,17,21H,10-16H2,1-4H3. The summed E-state index contributed by atoms with van der Waals surface area (Å²) in [5, 5.41) is 3.20. The molecule has 1 N–H and O–H groups in total. The predicted octanol–water partition coefficient (Wildman–Crippen LogP) is 3.32. The van der Waals surface area contributed by atoms with Crippen molar-refractivity contribution in [3.8, 4) is 0 Å². The Kier molecular flexibility index (Phi) is 10.4. The molecule has 0 atom stereocenters. The van der Waals surface area contributed by atoms with Gasteiger partial charge in [0.15, 0.2) is 0 Å². The van der Waals surface area contributed by atoms with Crippen LogP contribution >= 0.6 is 0 Å². The number of rotatable bonds is 13. The molecule has 1 aromatic carbocycles. The third-order valence-electron chi connectivity index (χ3n) is 3.68. The molecule has 1 aromatic rings. The molecule has 0 spiro atoms. The summed E-state index contributed by atoms with van der Waals surface area (Å²) in [5.74, 6) is -0.191. The molecule has 0 fully saturated rings. The number of nitrogens with one attached hydrogen (secondary N) is 1. The zero-order chi connectivity index (χ0) is 18.5. The second kappa shape index (κ2) is 12.0. The van der Waals surface area contributed by atoms with Crippen molar-refractivity contribution >= 4 is 5.97 Å². The summed E-state index contributed by atoms with van der Waals surface area (Å²) in [7, 11) is 0. The Morgan fingerprint density at radius 1 is 1.12 bits per heavy atom. The van der Waals surface area contributed by atoms with Gasteiger partial charge in [-0.25, -0.2) is 0 Å². The van der Waals surface area contributed by atoms with Crippen molar-refractivity contribution in [2.75, 3.05) is 26.3 Å². The SMILES string of the molecule is CC(C)OCCC(C)(C)OCCNCCC(=O)OCc1ccccc1. The van der Waals surface area contributed by atoms with Crippen LogP contribution in [-0.4, -0.2) is 44.0 Å². The average molecular weight is 351 g/mol. The normalized spacial score (nSPS) is 11.7. The van der Waals surface area contributed by atoms with Crippen LogP contribution in [0.5, 0.6) is 0 Å². The van der Waals surface area contributed by atoms with E-state index >= 15 is 0 Å². The summed E-state index contributed by atoms with van der Waals surface area (Å²) in [6, 6.07) is 9.69. The van der Waals surface area contributed by atoms with Gasteiger partial charge in [-0.15, -0.1) is 0 Å². The number of ether oxygens (including phenoxy) is 3. The molecule has 0 aromatic heterocycles. The summed E-state index contributed by atoms with van der Waals surface area (Å²) in [6.45, 7) is 11.1. The van der Waals surface area contributed by atoms with Crippen LogP contribution in [0.3, 0.4) is 0 Å². The summed E-state index contributed by atoms with van der Waals surface area (Å²) in [5.41, 5.74) is 0.798. The van der Waals surface area contributed by atoms with Gasteiger partial charge in [-0.2, -0.15) is 0 Å². The van der Waals surface area contributed by atoms with Crippen LogP contribution in [0.4, 0.5) is 0 Å². The molecule has 25 heavy (non-hydrogen) atoms. The number of esters is 1. The highest BCUT2D eigenvalue weighted by atomic mass is 16.5. The average Bonchev–Trinajstić information content (AvgIpc) is 2.56. The Morgan fingerprint density at radius 3 is 2.52 bits per heavy atom. The van der Waals surface area contributed by atoms with Crippen LogP contribution in [-0.2, 0) is 25.6 Å². The van der Waals surface area contributed by atoms with Gasteiger partial charge in [-0.05, 0) is 39.7 Å². The maximum atomic E-state index is 11.7. The minimum absolute atomic E-state index is 0.191. The van der Waals surface area contributed by atoms with E-state index in [1.54, 1.807) is 0 Å². The van der Waals surface area contributed by atoms with Crippen LogP contribution in [0.15, 0.2) is 30.3 Å². The largest absolute Gasteiger partial charge is 0.461 e. The van der Waals surface area contributed by atoms with Gasteiger partial charge >= 0.3 is 5.97 Å². The smallest absolute Gasteiger partial charge is 0.307 e. The van der Waals surface area contributed by atoms with Gasteiger partial charge in [-0.1, -0.05) is 30.3 Å². The van der Waals surface area contributed by atoms with Gasteiger partial charge in [0, 0.05) is 19.7 Å². The van der Waals surface area contributed by atoms with Crippen molar-refractivity contribution in [3.05, 3.63) is 35.9 Å². The molecule has 0 aliphatic heterocycles. The number of benzene rings is 1. The van der Waals surface area contributed by atoms with Crippen molar-refractivity contribution < 1.29 is 19.0 Å². The van der Waals surface area contributed by atoms with Crippen molar-refractivity contribution in [2.45, 2.75) is 58.8 Å². The second-order valence-corrected chi connectivity index (χ2v) is 6.92. The van der Waals surface area contributed by atoms with Crippen molar-refractivity contribution in [1.29, 1.82) is 0 Å². The zero-order valence-corrected chi connectivity index (χ0v) is 16.0. The lowest BCUT2D eigenvalue weighted by molar-refractivity contribution is -0.144. The minimum Gasteiger partial charge on any atom is -0.461 e. The first-order valence-electron chi connectivity index (χ1n) is 9.05. The first-order valence-corrected chi connectivity index (χ1v) is 9.05. The molecule has 0 radical (unpaired) electrons. The molecule has 5 heteroatoms. The fraction of sp³-hybridized carbons (Fsp3) is 0.650. The molecule has 0 saturated heterocycles. The van der Waals surface area contributed by atoms with E-state index in [9.17, 15) is 4.79 Å². The van der Waals surface area contributed by atoms with E-state index in [1.807, 2.05) is 44.2 Å². The van der Waals surface area contributed by atoms with E-state index in [0.29, 0.717) is 39.3 Å². The maximum absolute atomic E-state index is 11.7. The van der Waals surface area contributed by atoms with Crippen LogP contribution in [0.25, 0.3) is 0 Å². The highest BCUT2D eigenvalue weighted by molar-refractivity contribution is 5.69. The van der Waals surface area contributed by atoms with Gasteiger partial charge in [0.25, 0.3) is 0 Å². The molecule has 0 heterocycles. The molecule has 1 rings (SSSR count). The van der Waals surface area contributed by atoms with E-state index in [1.165, 1.54) is 0 Å².